The van der Waals surface area contributed by atoms with Crippen LogP contribution in [0.1, 0.15) is 37.7 Å². The van der Waals surface area contributed by atoms with Gasteiger partial charge >= 0.3 is 0 Å². The van der Waals surface area contributed by atoms with Gasteiger partial charge in [0.05, 0.1) is 6.61 Å². The summed E-state index contributed by atoms with van der Waals surface area (Å²) in [4.78, 5) is 0. The van der Waals surface area contributed by atoms with Crippen LogP contribution in [0.3, 0.4) is 0 Å². The zero-order valence-corrected chi connectivity index (χ0v) is 12.7. The third-order valence-electron chi connectivity index (χ3n) is 3.78. The molecule has 100 valence electrons. The van der Waals surface area contributed by atoms with Crippen molar-refractivity contribution in [3.63, 3.8) is 0 Å². The van der Waals surface area contributed by atoms with Crippen molar-refractivity contribution < 1.29 is 5.11 Å². The van der Waals surface area contributed by atoms with Gasteiger partial charge in [0, 0.05) is 21.6 Å². The van der Waals surface area contributed by atoms with Crippen molar-refractivity contribution in [1.82, 2.24) is 5.32 Å². The van der Waals surface area contributed by atoms with E-state index in [1.54, 1.807) is 0 Å². The number of nitrogens with one attached hydrogen (secondary N) is 1. The number of hydrogen-bond donors (Lipinski definition) is 2. The van der Waals surface area contributed by atoms with Crippen molar-refractivity contribution in [3.05, 3.63) is 33.3 Å². The van der Waals surface area contributed by atoms with E-state index in [1.807, 2.05) is 18.2 Å². The molecule has 0 bridgehead atoms. The van der Waals surface area contributed by atoms with Crippen molar-refractivity contribution in [2.45, 2.75) is 44.2 Å². The van der Waals surface area contributed by atoms with Gasteiger partial charge in [-0.25, -0.2) is 0 Å². The van der Waals surface area contributed by atoms with Gasteiger partial charge in [-0.2, -0.15) is 0 Å². The van der Waals surface area contributed by atoms with Gasteiger partial charge in [-0.05, 0) is 30.5 Å². The van der Waals surface area contributed by atoms with E-state index in [4.69, 9.17) is 11.6 Å². The smallest absolute Gasteiger partial charge is 0.0613 e. The minimum Gasteiger partial charge on any atom is -0.394 e. The van der Waals surface area contributed by atoms with E-state index in [2.05, 4.69) is 21.2 Å². The van der Waals surface area contributed by atoms with Crippen LogP contribution in [0.4, 0.5) is 0 Å². The average Bonchev–Trinajstić information content (AvgIpc) is 2.39. The summed E-state index contributed by atoms with van der Waals surface area (Å²) in [6.07, 6.45) is 5.82. The van der Waals surface area contributed by atoms with Crippen LogP contribution in [-0.4, -0.2) is 17.3 Å². The van der Waals surface area contributed by atoms with Crippen molar-refractivity contribution in [3.8, 4) is 0 Å². The second-order valence-corrected chi connectivity index (χ2v) is 6.38. The largest absolute Gasteiger partial charge is 0.394 e. The second-order valence-electron chi connectivity index (χ2n) is 5.09. The Labute approximate surface area is 122 Å². The molecule has 2 N–H and O–H groups in total. The number of hydrogen-bond acceptors (Lipinski definition) is 2. The first-order chi connectivity index (χ1) is 8.65. The maximum absolute atomic E-state index is 9.64. The molecule has 0 atom stereocenters. The highest BCUT2D eigenvalue weighted by atomic mass is 79.9. The number of rotatable bonds is 4. The molecule has 0 aliphatic heterocycles. The Kier molecular flexibility index (Phi) is 5.07. The fourth-order valence-corrected chi connectivity index (χ4v) is 3.39. The van der Waals surface area contributed by atoms with Crippen LogP contribution in [0.25, 0.3) is 0 Å². The average molecular weight is 333 g/mol. The minimum absolute atomic E-state index is 0.0860. The number of aliphatic hydroxyl groups is 1. The van der Waals surface area contributed by atoms with Gasteiger partial charge in [-0.15, -0.1) is 0 Å². The highest BCUT2D eigenvalue weighted by Crippen LogP contribution is 2.29. The maximum atomic E-state index is 9.64. The topological polar surface area (TPSA) is 32.3 Å². The summed E-state index contributed by atoms with van der Waals surface area (Å²) in [5.74, 6) is 0. The fourth-order valence-electron chi connectivity index (χ4n) is 2.57. The van der Waals surface area contributed by atoms with Crippen LogP contribution >= 0.6 is 27.5 Å². The summed E-state index contributed by atoms with van der Waals surface area (Å²) in [6, 6.07) is 5.83. The van der Waals surface area contributed by atoms with Crippen LogP contribution in [0.2, 0.25) is 5.02 Å². The zero-order chi connectivity index (χ0) is 13.0. The van der Waals surface area contributed by atoms with Gasteiger partial charge in [-0.3, -0.25) is 0 Å². The van der Waals surface area contributed by atoms with E-state index in [1.165, 1.54) is 24.8 Å². The summed E-state index contributed by atoms with van der Waals surface area (Å²) in [7, 11) is 0. The van der Waals surface area contributed by atoms with Crippen molar-refractivity contribution >= 4 is 27.5 Å². The van der Waals surface area contributed by atoms with Crippen molar-refractivity contribution in [2.24, 2.45) is 0 Å². The SMILES string of the molecule is OCC1(NCc2ccc(Cl)cc2Br)CCCCC1. The first-order valence-electron chi connectivity index (χ1n) is 6.45. The number of aliphatic hydroxyl groups excluding tert-OH is 1. The highest BCUT2D eigenvalue weighted by Gasteiger charge is 2.30. The van der Waals surface area contributed by atoms with Gasteiger partial charge in [0.2, 0.25) is 0 Å². The molecule has 1 aromatic carbocycles. The Bertz CT molecular complexity index is 405. The molecule has 0 spiro atoms. The molecule has 1 fully saturated rings. The Morgan fingerprint density at radius 3 is 2.61 bits per heavy atom. The molecule has 0 unspecified atom stereocenters. The molecular weight excluding hydrogens is 314 g/mol. The Balaban J connectivity index is 2.01. The predicted octanol–water partition coefficient (Wildman–Crippen LogP) is 3.89. The third-order valence-corrected chi connectivity index (χ3v) is 4.76. The number of halogens is 2. The summed E-state index contributed by atoms with van der Waals surface area (Å²) >= 11 is 9.45. The van der Waals surface area contributed by atoms with Gasteiger partial charge in [0.1, 0.15) is 0 Å². The second kappa shape index (κ2) is 6.38. The molecule has 1 aliphatic rings. The molecule has 2 rings (SSSR count). The third kappa shape index (κ3) is 3.47. The molecule has 4 heteroatoms. The molecule has 0 radical (unpaired) electrons. The zero-order valence-electron chi connectivity index (χ0n) is 10.4. The van der Waals surface area contributed by atoms with E-state index in [0.717, 1.165) is 28.9 Å². The maximum Gasteiger partial charge on any atom is 0.0613 e. The van der Waals surface area contributed by atoms with Crippen LogP contribution in [0.5, 0.6) is 0 Å². The van der Waals surface area contributed by atoms with E-state index in [0.29, 0.717) is 0 Å². The summed E-state index contributed by atoms with van der Waals surface area (Å²) in [5, 5.41) is 13.9. The predicted molar refractivity (Wildman–Crippen MR) is 78.9 cm³/mol. The molecule has 1 aliphatic carbocycles. The quantitative estimate of drug-likeness (QED) is 0.877. The monoisotopic (exact) mass is 331 g/mol. The fraction of sp³-hybridized carbons (Fsp3) is 0.571. The van der Waals surface area contributed by atoms with Crippen LogP contribution in [0.15, 0.2) is 22.7 Å². The van der Waals surface area contributed by atoms with Crippen LogP contribution in [0, 0.1) is 0 Å². The normalized spacial score (nSPS) is 18.8. The Hall–Kier alpha value is -0.0900. The lowest BCUT2D eigenvalue weighted by atomic mass is 9.82. The summed E-state index contributed by atoms with van der Waals surface area (Å²) in [5.41, 5.74) is 1.09. The molecule has 0 amide bonds. The van der Waals surface area contributed by atoms with Gasteiger partial charge < -0.3 is 10.4 Å². The Morgan fingerprint density at radius 2 is 2.00 bits per heavy atom. The van der Waals surface area contributed by atoms with Crippen molar-refractivity contribution in [1.29, 1.82) is 0 Å². The lowest BCUT2D eigenvalue weighted by Crippen LogP contribution is -2.49. The molecule has 0 saturated heterocycles. The lowest BCUT2D eigenvalue weighted by molar-refractivity contribution is 0.119. The van der Waals surface area contributed by atoms with Gasteiger partial charge in [-0.1, -0.05) is 52.9 Å². The van der Waals surface area contributed by atoms with E-state index in [9.17, 15) is 5.11 Å². The van der Waals surface area contributed by atoms with E-state index in [-0.39, 0.29) is 12.1 Å². The molecule has 1 saturated carbocycles. The Morgan fingerprint density at radius 1 is 1.28 bits per heavy atom. The molecular formula is C14H19BrClNO. The lowest BCUT2D eigenvalue weighted by Gasteiger charge is -2.36. The van der Waals surface area contributed by atoms with Gasteiger partial charge in [0.15, 0.2) is 0 Å². The molecule has 2 nitrogen and oxygen atoms in total. The van der Waals surface area contributed by atoms with E-state index >= 15 is 0 Å². The van der Waals surface area contributed by atoms with Crippen LogP contribution < -0.4 is 5.32 Å². The minimum atomic E-state index is -0.0860. The molecule has 18 heavy (non-hydrogen) atoms. The van der Waals surface area contributed by atoms with Gasteiger partial charge in [0.25, 0.3) is 0 Å². The first kappa shape index (κ1) is 14.3. The molecule has 0 aromatic heterocycles. The summed E-state index contributed by atoms with van der Waals surface area (Å²) in [6.45, 7) is 0.983. The van der Waals surface area contributed by atoms with E-state index < -0.39 is 0 Å². The standard InChI is InChI=1S/C14H19BrClNO/c15-13-8-12(16)5-4-11(13)9-17-14(10-18)6-2-1-3-7-14/h4-5,8,17-18H,1-3,6-7,9-10H2. The molecule has 1 aromatic rings. The summed E-state index contributed by atoms with van der Waals surface area (Å²) < 4.78 is 1.02. The van der Waals surface area contributed by atoms with Crippen molar-refractivity contribution in [2.75, 3.05) is 6.61 Å². The van der Waals surface area contributed by atoms with Crippen LogP contribution in [-0.2, 0) is 6.54 Å². The first-order valence-corrected chi connectivity index (χ1v) is 7.62. The highest BCUT2D eigenvalue weighted by molar-refractivity contribution is 9.10. The number of benzene rings is 1. The molecule has 0 heterocycles.